The van der Waals surface area contributed by atoms with Crippen LogP contribution in [0.25, 0.3) is 20.4 Å². The van der Waals surface area contributed by atoms with Crippen LogP contribution in [0.2, 0.25) is 0 Å². The number of carbonyl (C=O) groups is 5. The minimum absolute atomic E-state index is 0.149. The summed E-state index contributed by atoms with van der Waals surface area (Å²) in [5, 5.41) is 3.77. The molecule has 0 spiro atoms. The van der Waals surface area contributed by atoms with E-state index in [-0.39, 0.29) is 29.7 Å². The van der Waals surface area contributed by atoms with Crippen molar-refractivity contribution in [3.05, 3.63) is 47.5 Å². The molecular weight excluding hydrogens is 608 g/mol. The van der Waals surface area contributed by atoms with Gasteiger partial charge >= 0.3 is 23.9 Å². The van der Waals surface area contributed by atoms with Crippen LogP contribution >= 0.6 is 22.7 Å². The fourth-order valence-corrected chi connectivity index (χ4v) is 5.39. The maximum absolute atomic E-state index is 11.7. The molecule has 0 fully saturated rings. The molecule has 0 saturated heterocycles. The van der Waals surface area contributed by atoms with Gasteiger partial charge in [-0.3, -0.25) is 24.0 Å². The predicted molar refractivity (Wildman–Crippen MR) is 170 cm³/mol. The van der Waals surface area contributed by atoms with Gasteiger partial charge < -0.3 is 25.3 Å². The SMILES string of the molecule is CC(=O)OC(C)=O.CCOC(=O)C(C)c1ccc2nc(N)sc2c1.CCOC(=O)C(C)c1ccc2nc(NC(C)=O)sc2c1. The topological polar surface area (TPSA) is 177 Å². The summed E-state index contributed by atoms with van der Waals surface area (Å²) in [6.07, 6.45) is 0. The van der Waals surface area contributed by atoms with Crippen LogP contribution in [0.3, 0.4) is 0 Å². The third-order valence-electron chi connectivity index (χ3n) is 5.69. The lowest BCUT2D eigenvalue weighted by atomic mass is 10.0. The van der Waals surface area contributed by atoms with E-state index in [2.05, 4.69) is 20.0 Å². The maximum atomic E-state index is 11.7. The molecule has 0 aliphatic rings. The quantitative estimate of drug-likeness (QED) is 0.146. The number of nitrogen functional groups attached to an aromatic ring is 1. The van der Waals surface area contributed by atoms with Crippen LogP contribution in [-0.2, 0) is 38.2 Å². The number of rotatable bonds is 7. The van der Waals surface area contributed by atoms with E-state index >= 15 is 0 Å². The first-order chi connectivity index (χ1) is 20.7. The van der Waals surface area contributed by atoms with Gasteiger partial charge in [0, 0.05) is 20.8 Å². The number of ether oxygens (including phenoxy) is 3. The number of fused-ring (bicyclic) bond motifs is 2. The summed E-state index contributed by atoms with van der Waals surface area (Å²) in [6, 6.07) is 11.4. The lowest BCUT2D eigenvalue weighted by molar-refractivity contribution is -0.156. The summed E-state index contributed by atoms with van der Waals surface area (Å²) in [6.45, 7) is 11.8. The first-order valence-corrected chi connectivity index (χ1v) is 15.2. The van der Waals surface area contributed by atoms with Crippen LogP contribution in [0.1, 0.15) is 71.4 Å². The van der Waals surface area contributed by atoms with Crippen LogP contribution in [0.5, 0.6) is 0 Å². The second-order valence-corrected chi connectivity index (χ2v) is 11.3. The van der Waals surface area contributed by atoms with Crippen LogP contribution in [0, 0.1) is 0 Å². The zero-order valence-corrected chi connectivity index (χ0v) is 27.2. The highest BCUT2D eigenvalue weighted by atomic mass is 32.1. The largest absolute Gasteiger partial charge is 0.466 e. The molecule has 0 aliphatic heterocycles. The van der Waals surface area contributed by atoms with Gasteiger partial charge in [0.05, 0.1) is 45.5 Å². The predicted octanol–water partition coefficient (Wildman–Crippen LogP) is 5.56. The number of aromatic nitrogens is 2. The Morgan fingerprint density at radius 3 is 1.64 bits per heavy atom. The Morgan fingerprint density at radius 1 is 0.773 bits per heavy atom. The molecule has 0 bridgehead atoms. The van der Waals surface area contributed by atoms with Crippen molar-refractivity contribution in [2.45, 2.75) is 60.3 Å². The summed E-state index contributed by atoms with van der Waals surface area (Å²) >= 11 is 2.81. The third kappa shape index (κ3) is 11.0. The van der Waals surface area contributed by atoms with E-state index in [1.165, 1.54) is 43.4 Å². The van der Waals surface area contributed by atoms with Crippen molar-refractivity contribution in [1.29, 1.82) is 0 Å². The molecule has 4 aromatic rings. The first kappa shape index (κ1) is 35.8. The van der Waals surface area contributed by atoms with E-state index in [1.807, 2.05) is 50.2 Å². The Balaban J connectivity index is 0.000000256. The number of hydrogen-bond donors (Lipinski definition) is 2. The highest BCUT2D eigenvalue weighted by Crippen LogP contribution is 2.30. The summed E-state index contributed by atoms with van der Waals surface area (Å²) < 4.78 is 15.9. The highest BCUT2D eigenvalue weighted by Gasteiger charge is 2.18. The highest BCUT2D eigenvalue weighted by molar-refractivity contribution is 7.22. The molecule has 0 saturated carbocycles. The molecule has 0 radical (unpaired) electrons. The van der Waals surface area contributed by atoms with Gasteiger partial charge in [-0.15, -0.1) is 0 Å². The molecule has 44 heavy (non-hydrogen) atoms. The Hall–Kier alpha value is -4.43. The van der Waals surface area contributed by atoms with E-state index in [1.54, 1.807) is 13.8 Å². The molecule has 2 unspecified atom stereocenters. The summed E-state index contributed by atoms with van der Waals surface area (Å²) in [5.41, 5.74) is 9.13. The number of amides is 1. The van der Waals surface area contributed by atoms with Gasteiger partial charge in [0.25, 0.3) is 0 Å². The maximum Gasteiger partial charge on any atom is 0.313 e. The van der Waals surface area contributed by atoms with E-state index in [9.17, 15) is 24.0 Å². The number of thiazole rings is 2. The standard InChI is InChI=1S/C14H16N2O3S.C12H14N2O2S.C4H6O3/c1-4-19-13(18)8(2)10-5-6-11-12(7-10)20-14(16-11)15-9(3)17;1-3-16-11(15)7(2)8-4-5-9-10(6-8)17-12(13)14-9;1-3(5)7-4(2)6/h5-8H,4H2,1-3H3,(H,15,16,17);4-7H,3H2,1-2H3,(H2,13,14);1-2H3. The molecule has 2 aromatic heterocycles. The third-order valence-corrected chi connectivity index (χ3v) is 7.47. The molecule has 12 nitrogen and oxygen atoms in total. The van der Waals surface area contributed by atoms with Crippen molar-refractivity contribution in [3.8, 4) is 0 Å². The lowest BCUT2D eigenvalue weighted by Crippen LogP contribution is -2.12. The minimum Gasteiger partial charge on any atom is -0.466 e. The van der Waals surface area contributed by atoms with Crippen molar-refractivity contribution in [3.63, 3.8) is 0 Å². The fraction of sp³-hybridized carbons (Fsp3) is 0.367. The number of hydrogen-bond acceptors (Lipinski definition) is 13. The summed E-state index contributed by atoms with van der Waals surface area (Å²) in [4.78, 5) is 62.5. The lowest BCUT2D eigenvalue weighted by Gasteiger charge is -2.10. The molecule has 4 rings (SSSR count). The van der Waals surface area contributed by atoms with Gasteiger partial charge in [-0.05, 0) is 63.1 Å². The van der Waals surface area contributed by atoms with Gasteiger partial charge in [-0.2, -0.15) is 0 Å². The molecule has 2 atom stereocenters. The molecule has 0 aliphatic carbocycles. The Bertz CT molecular complexity index is 1620. The second-order valence-electron chi connectivity index (χ2n) is 9.24. The number of nitrogens with zero attached hydrogens (tertiary/aromatic N) is 2. The van der Waals surface area contributed by atoms with Crippen molar-refractivity contribution in [1.82, 2.24) is 9.97 Å². The van der Waals surface area contributed by atoms with E-state index in [0.29, 0.717) is 23.5 Å². The second kappa shape index (κ2) is 17.0. The van der Waals surface area contributed by atoms with Crippen LogP contribution in [0.4, 0.5) is 10.3 Å². The van der Waals surface area contributed by atoms with E-state index < -0.39 is 11.9 Å². The van der Waals surface area contributed by atoms with Crippen LogP contribution in [0.15, 0.2) is 36.4 Å². The number of nitrogens with one attached hydrogen (secondary N) is 1. The van der Waals surface area contributed by atoms with Crippen molar-refractivity contribution >= 4 is 83.2 Å². The van der Waals surface area contributed by atoms with Gasteiger partial charge in [-0.1, -0.05) is 34.8 Å². The Labute approximate surface area is 262 Å². The van der Waals surface area contributed by atoms with Crippen molar-refractivity contribution in [2.24, 2.45) is 0 Å². The number of carbonyl (C=O) groups excluding carboxylic acids is 5. The van der Waals surface area contributed by atoms with Gasteiger partial charge in [0.2, 0.25) is 5.91 Å². The van der Waals surface area contributed by atoms with E-state index in [4.69, 9.17) is 15.2 Å². The molecule has 2 aromatic carbocycles. The van der Waals surface area contributed by atoms with Crippen LogP contribution in [-0.4, -0.2) is 53.0 Å². The van der Waals surface area contributed by atoms with Crippen LogP contribution < -0.4 is 11.1 Å². The Kier molecular flexibility index (Phi) is 13.8. The van der Waals surface area contributed by atoms with Gasteiger partial charge in [-0.25, -0.2) is 9.97 Å². The average molecular weight is 645 g/mol. The normalized spacial score (nSPS) is 11.6. The number of nitrogens with two attached hydrogens (primary N) is 1. The number of anilines is 2. The van der Waals surface area contributed by atoms with E-state index in [0.717, 1.165) is 31.6 Å². The average Bonchev–Trinajstić information content (AvgIpc) is 3.52. The fourth-order valence-electron chi connectivity index (χ4n) is 3.65. The molecule has 3 N–H and O–H groups in total. The zero-order valence-electron chi connectivity index (χ0n) is 25.6. The monoisotopic (exact) mass is 644 g/mol. The molecular formula is C30H36N4O8S2. The van der Waals surface area contributed by atoms with Crippen molar-refractivity contribution in [2.75, 3.05) is 24.3 Å². The molecule has 236 valence electrons. The smallest absolute Gasteiger partial charge is 0.313 e. The summed E-state index contributed by atoms with van der Waals surface area (Å²) in [7, 11) is 0. The summed E-state index contributed by atoms with van der Waals surface area (Å²) in [5.74, 6) is -2.29. The molecule has 14 heteroatoms. The Morgan fingerprint density at radius 2 is 1.23 bits per heavy atom. The van der Waals surface area contributed by atoms with Gasteiger partial charge in [0.15, 0.2) is 10.3 Å². The number of esters is 4. The van der Waals surface area contributed by atoms with Crippen molar-refractivity contribution < 1.29 is 38.2 Å². The molecule has 1 amide bonds. The van der Waals surface area contributed by atoms with Gasteiger partial charge in [0.1, 0.15) is 0 Å². The number of benzene rings is 2. The zero-order chi connectivity index (χ0) is 33.0. The minimum atomic E-state index is -0.562. The molecule has 2 heterocycles. The first-order valence-electron chi connectivity index (χ1n) is 13.6.